The van der Waals surface area contributed by atoms with Crippen molar-refractivity contribution in [3.8, 4) is 5.75 Å². The fraction of sp³-hybridized carbons (Fsp3) is 0.269. The van der Waals surface area contributed by atoms with Crippen molar-refractivity contribution in [2.75, 3.05) is 38.8 Å². The van der Waals surface area contributed by atoms with E-state index in [1.165, 1.54) is 4.90 Å². The van der Waals surface area contributed by atoms with Gasteiger partial charge in [-0.2, -0.15) is 0 Å². The molecule has 34 heavy (non-hydrogen) atoms. The van der Waals surface area contributed by atoms with E-state index in [9.17, 15) is 14.4 Å². The van der Waals surface area contributed by atoms with Crippen molar-refractivity contribution in [3.63, 3.8) is 0 Å². The number of esters is 1. The van der Waals surface area contributed by atoms with E-state index in [4.69, 9.17) is 14.2 Å². The van der Waals surface area contributed by atoms with Crippen molar-refractivity contribution in [3.05, 3.63) is 77.0 Å². The number of ether oxygens (including phenoxy) is 3. The molecule has 2 aromatic rings. The van der Waals surface area contributed by atoms with Crippen molar-refractivity contribution in [1.82, 2.24) is 4.90 Å². The highest BCUT2D eigenvalue weighted by atomic mass is 16.5. The first-order chi connectivity index (χ1) is 16.4. The van der Waals surface area contributed by atoms with Gasteiger partial charge in [0.1, 0.15) is 5.75 Å². The van der Waals surface area contributed by atoms with Gasteiger partial charge in [-0.25, -0.2) is 4.79 Å². The number of anilines is 1. The Labute approximate surface area is 198 Å². The smallest absolute Gasteiger partial charge is 0.340 e. The molecule has 2 aromatic carbocycles. The Hall–Kier alpha value is -3.91. The van der Waals surface area contributed by atoms with Crippen molar-refractivity contribution in [2.45, 2.75) is 13.8 Å². The van der Waals surface area contributed by atoms with Gasteiger partial charge in [-0.1, -0.05) is 30.3 Å². The van der Waals surface area contributed by atoms with Crippen LogP contribution in [0.5, 0.6) is 5.75 Å². The average Bonchev–Trinajstić information content (AvgIpc) is 3.06. The number of hydrogen-bond acceptors (Lipinski definition) is 6. The monoisotopic (exact) mass is 464 g/mol. The van der Waals surface area contributed by atoms with Crippen molar-refractivity contribution in [1.29, 1.82) is 0 Å². The minimum Gasteiger partial charge on any atom is -0.484 e. The molecule has 178 valence electrons. The number of benzene rings is 2. The van der Waals surface area contributed by atoms with E-state index >= 15 is 0 Å². The molecule has 1 aliphatic rings. The summed E-state index contributed by atoms with van der Waals surface area (Å²) in [5.74, 6) is -0.591. The summed E-state index contributed by atoms with van der Waals surface area (Å²) in [6, 6.07) is 16.0. The normalized spacial score (nSPS) is 14.5. The summed E-state index contributed by atoms with van der Waals surface area (Å²) in [5.41, 5.74) is 2.45. The Morgan fingerprint density at radius 1 is 1.06 bits per heavy atom. The standard InChI is InChI=1S/C26H28N2O6/c1-4-33-26(31)24-18(2)28(14-15-32-3)25(30)22(24)16-19-10-12-21(13-11-19)34-17-23(29)27-20-8-6-5-7-9-20/h5-13,16H,4,14-15,17H2,1-3H3,(H,27,29)/b22-16-. The van der Waals surface area contributed by atoms with Gasteiger partial charge >= 0.3 is 5.97 Å². The Morgan fingerprint density at radius 3 is 2.41 bits per heavy atom. The Bertz CT molecular complexity index is 1090. The number of amides is 2. The Morgan fingerprint density at radius 2 is 1.76 bits per heavy atom. The van der Waals surface area contributed by atoms with Crippen LogP contribution in [-0.4, -0.2) is 56.2 Å². The van der Waals surface area contributed by atoms with Crippen LogP contribution in [0.15, 0.2) is 71.4 Å². The molecule has 2 amide bonds. The maximum absolute atomic E-state index is 13.0. The molecule has 1 N–H and O–H groups in total. The van der Waals surface area contributed by atoms with Crippen LogP contribution in [0.2, 0.25) is 0 Å². The lowest BCUT2D eigenvalue weighted by molar-refractivity contribution is -0.138. The summed E-state index contributed by atoms with van der Waals surface area (Å²) in [7, 11) is 1.55. The largest absolute Gasteiger partial charge is 0.484 e. The maximum Gasteiger partial charge on any atom is 0.340 e. The zero-order valence-electron chi connectivity index (χ0n) is 19.5. The fourth-order valence-electron chi connectivity index (χ4n) is 3.48. The molecular weight excluding hydrogens is 436 g/mol. The lowest BCUT2D eigenvalue weighted by atomic mass is 10.0. The molecule has 0 aliphatic carbocycles. The number of rotatable bonds is 10. The van der Waals surface area contributed by atoms with Gasteiger partial charge in [-0.15, -0.1) is 0 Å². The average molecular weight is 465 g/mol. The van der Waals surface area contributed by atoms with Crippen LogP contribution in [-0.2, 0) is 23.9 Å². The predicted molar refractivity (Wildman–Crippen MR) is 128 cm³/mol. The zero-order chi connectivity index (χ0) is 24.5. The van der Waals surface area contributed by atoms with Gasteiger partial charge in [0.25, 0.3) is 11.8 Å². The number of hydrogen-bond donors (Lipinski definition) is 1. The second-order valence-corrected chi connectivity index (χ2v) is 7.46. The molecular formula is C26H28N2O6. The number of carbonyl (C=O) groups is 3. The molecule has 0 saturated carbocycles. The molecule has 8 nitrogen and oxygen atoms in total. The van der Waals surface area contributed by atoms with Crippen LogP contribution in [0.4, 0.5) is 5.69 Å². The van der Waals surface area contributed by atoms with Gasteiger partial charge in [0.15, 0.2) is 6.61 Å². The minimum atomic E-state index is -0.538. The zero-order valence-corrected chi connectivity index (χ0v) is 19.5. The number of para-hydroxylation sites is 1. The van der Waals surface area contributed by atoms with Crippen molar-refractivity contribution < 1.29 is 28.6 Å². The predicted octanol–water partition coefficient (Wildman–Crippen LogP) is 3.41. The summed E-state index contributed by atoms with van der Waals surface area (Å²) < 4.78 is 15.8. The van der Waals surface area contributed by atoms with Gasteiger partial charge in [0.2, 0.25) is 0 Å². The first kappa shape index (κ1) is 24.7. The highest BCUT2D eigenvalue weighted by molar-refractivity contribution is 6.16. The number of allylic oxidation sites excluding steroid dienone is 1. The van der Waals surface area contributed by atoms with E-state index in [0.717, 1.165) is 0 Å². The minimum absolute atomic E-state index is 0.142. The van der Waals surface area contributed by atoms with Crippen LogP contribution >= 0.6 is 0 Å². The third kappa shape index (κ3) is 6.11. The third-order valence-electron chi connectivity index (χ3n) is 5.13. The summed E-state index contributed by atoms with van der Waals surface area (Å²) in [5, 5.41) is 2.75. The number of nitrogens with one attached hydrogen (secondary N) is 1. The molecule has 0 fully saturated rings. The SMILES string of the molecule is CCOC(=O)C1=C(C)N(CCOC)C(=O)/C1=C\c1ccc(OCC(=O)Nc2ccccc2)cc1. The van der Waals surface area contributed by atoms with Crippen LogP contribution in [0, 0.1) is 0 Å². The van der Waals surface area contributed by atoms with E-state index in [-0.39, 0.29) is 36.2 Å². The first-order valence-corrected chi connectivity index (χ1v) is 10.9. The fourth-order valence-corrected chi connectivity index (χ4v) is 3.48. The van der Waals surface area contributed by atoms with Crippen LogP contribution in [0.25, 0.3) is 6.08 Å². The maximum atomic E-state index is 13.0. The molecule has 3 rings (SSSR count). The lowest BCUT2D eigenvalue weighted by Gasteiger charge is -2.16. The van der Waals surface area contributed by atoms with E-state index in [1.807, 2.05) is 18.2 Å². The van der Waals surface area contributed by atoms with Crippen LogP contribution < -0.4 is 10.1 Å². The Kier molecular flexibility index (Phi) is 8.59. The van der Waals surface area contributed by atoms with E-state index in [2.05, 4.69) is 5.32 Å². The quantitative estimate of drug-likeness (QED) is 0.428. The van der Waals surface area contributed by atoms with Crippen LogP contribution in [0.1, 0.15) is 19.4 Å². The molecule has 0 bridgehead atoms. The second kappa shape index (κ2) is 11.8. The third-order valence-corrected chi connectivity index (χ3v) is 5.13. The van der Waals surface area contributed by atoms with Crippen molar-refractivity contribution >= 4 is 29.5 Å². The summed E-state index contributed by atoms with van der Waals surface area (Å²) in [6.45, 7) is 4.18. The Balaban J connectivity index is 1.71. The number of carbonyl (C=O) groups excluding carboxylic acids is 3. The van der Waals surface area contributed by atoms with Crippen LogP contribution in [0.3, 0.4) is 0 Å². The molecule has 0 aromatic heterocycles. The second-order valence-electron chi connectivity index (χ2n) is 7.46. The molecule has 0 unspecified atom stereocenters. The molecule has 1 aliphatic heterocycles. The summed E-state index contributed by atoms with van der Waals surface area (Å²) in [4.78, 5) is 39.2. The van der Waals surface area contributed by atoms with Gasteiger partial charge in [0, 0.05) is 25.0 Å². The highest BCUT2D eigenvalue weighted by Gasteiger charge is 2.36. The molecule has 0 saturated heterocycles. The van der Waals surface area contributed by atoms with Gasteiger partial charge < -0.3 is 24.4 Å². The van der Waals surface area contributed by atoms with Gasteiger partial charge in [-0.05, 0) is 49.8 Å². The molecule has 8 heteroatoms. The van der Waals surface area contributed by atoms with Gasteiger partial charge in [-0.3, -0.25) is 9.59 Å². The van der Waals surface area contributed by atoms with E-state index in [0.29, 0.717) is 35.8 Å². The molecule has 0 radical (unpaired) electrons. The lowest BCUT2D eigenvalue weighted by Crippen LogP contribution is -2.28. The van der Waals surface area contributed by atoms with E-state index < -0.39 is 5.97 Å². The molecule has 0 atom stereocenters. The van der Waals surface area contributed by atoms with Crippen molar-refractivity contribution in [2.24, 2.45) is 0 Å². The summed E-state index contributed by atoms with van der Waals surface area (Å²) >= 11 is 0. The molecule has 1 heterocycles. The van der Waals surface area contributed by atoms with E-state index in [1.54, 1.807) is 63.4 Å². The molecule has 0 spiro atoms. The number of nitrogens with zero attached hydrogens (tertiary/aromatic N) is 1. The van der Waals surface area contributed by atoms with Gasteiger partial charge in [0.05, 0.1) is 24.4 Å². The number of methoxy groups -OCH3 is 1. The summed E-state index contributed by atoms with van der Waals surface area (Å²) in [6.07, 6.45) is 1.65. The highest BCUT2D eigenvalue weighted by Crippen LogP contribution is 2.31. The topological polar surface area (TPSA) is 94.2 Å². The first-order valence-electron chi connectivity index (χ1n) is 10.9.